The van der Waals surface area contributed by atoms with Crippen LogP contribution < -0.4 is 10.7 Å². The number of hydrazone groups is 1. The van der Waals surface area contributed by atoms with E-state index in [1.165, 1.54) is 0 Å². The first-order chi connectivity index (χ1) is 16.7. The number of allylic oxidation sites excluding steroid dienone is 2. The second kappa shape index (κ2) is 12.6. The van der Waals surface area contributed by atoms with Gasteiger partial charge in [0.1, 0.15) is 23.0 Å². The zero-order valence-electron chi connectivity index (χ0n) is 24.0. The van der Waals surface area contributed by atoms with Gasteiger partial charge in [-0.05, 0) is 65.7 Å². The molecule has 0 radical (unpaired) electrons. The van der Waals surface area contributed by atoms with E-state index in [-0.39, 0.29) is 53.4 Å². The van der Waals surface area contributed by atoms with Crippen LogP contribution in [-0.2, 0) is 23.9 Å². The summed E-state index contributed by atoms with van der Waals surface area (Å²) >= 11 is 0. The molecule has 3 N–H and O–H groups in total. The maximum Gasteiger partial charge on any atom is 0.335 e. The Balaban J connectivity index is 3.08. The third-order valence-electron chi connectivity index (χ3n) is 5.09. The first kappa shape index (κ1) is 32.1. The molecule has 210 valence electrons. The third-order valence-corrected chi connectivity index (χ3v) is 5.09. The lowest BCUT2D eigenvalue weighted by Gasteiger charge is -2.30. The molecule has 0 saturated heterocycles. The van der Waals surface area contributed by atoms with Crippen molar-refractivity contribution >= 4 is 29.5 Å². The monoisotopic (exact) mass is 523 g/mol. The number of ketones is 1. The topological polar surface area (TPSA) is 143 Å². The second-order valence-corrected chi connectivity index (χ2v) is 12.7. The lowest BCUT2D eigenvalue weighted by atomic mass is 9.75. The van der Waals surface area contributed by atoms with Crippen molar-refractivity contribution in [2.75, 3.05) is 0 Å². The van der Waals surface area contributed by atoms with E-state index in [1.54, 1.807) is 41.5 Å². The minimum atomic E-state index is -1.14. The van der Waals surface area contributed by atoms with Gasteiger partial charge in [0.05, 0.1) is 11.3 Å². The number of hydrogen-bond acceptors (Lipinski definition) is 8. The number of urea groups is 1. The fraction of sp³-hybridized carbons (Fsp3) is 0.741. The Hall–Kier alpha value is -2.91. The molecular formula is C27H45N3O7. The van der Waals surface area contributed by atoms with Crippen molar-refractivity contribution in [2.45, 2.75) is 119 Å². The maximum absolute atomic E-state index is 12.8. The fourth-order valence-electron chi connectivity index (χ4n) is 3.79. The molecule has 0 aromatic heterocycles. The van der Waals surface area contributed by atoms with E-state index in [2.05, 4.69) is 15.8 Å². The summed E-state index contributed by atoms with van der Waals surface area (Å²) < 4.78 is 10.7. The van der Waals surface area contributed by atoms with E-state index in [0.29, 0.717) is 12.8 Å². The number of hydrogen-bond donors (Lipinski definition) is 3. The van der Waals surface area contributed by atoms with Crippen molar-refractivity contribution in [3.63, 3.8) is 0 Å². The summed E-state index contributed by atoms with van der Waals surface area (Å²) in [6.07, 6.45) is 0.761. The molecule has 0 fully saturated rings. The van der Waals surface area contributed by atoms with Gasteiger partial charge < -0.3 is 19.9 Å². The van der Waals surface area contributed by atoms with Crippen LogP contribution in [0.4, 0.5) is 4.79 Å². The first-order valence-electron chi connectivity index (χ1n) is 12.7. The average molecular weight is 524 g/mol. The van der Waals surface area contributed by atoms with Gasteiger partial charge in [-0.25, -0.2) is 15.0 Å². The van der Waals surface area contributed by atoms with Gasteiger partial charge in [-0.15, -0.1) is 0 Å². The number of amides is 2. The van der Waals surface area contributed by atoms with Crippen LogP contribution in [0, 0.1) is 11.3 Å². The molecule has 1 atom stereocenters. The highest BCUT2D eigenvalue weighted by Crippen LogP contribution is 2.36. The van der Waals surface area contributed by atoms with Crippen molar-refractivity contribution in [3.8, 4) is 0 Å². The number of Topliss-reactive ketones (excluding diaryl/α,β-unsaturated/α-hetero) is 1. The Bertz CT molecular complexity index is 935. The highest BCUT2D eigenvalue weighted by Gasteiger charge is 2.35. The Morgan fingerprint density at radius 2 is 1.59 bits per heavy atom. The van der Waals surface area contributed by atoms with Gasteiger partial charge in [0, 0.05) is 19.3 Å². The molecule has 1 unspecified atom stereocenters. The number of carbonyl (C=O) groups is 4. The highest BCUT2D eigenvalue weighted by atomic mass is 16.6. The zero-order chi connectivity index (χ0) is 28.8. The molecule has 1 aliphatic carbocycles. The van der Waals surface area contributed by atoms with Gasteiger partial charge in [0.2, 0.25) is 0 Å². The van der Waals surface area contributed by atoms with Crippen LogP contribution in [-0.4, -0.2) is 51.8 Å². The number of aliphatic hydroxyl groups excluding tert-OH is 1. The zero-order valence-corrected chi connectivity index (χ0v) is 24.0. The molecule has 0 bridgehead atoms. The van der Waals surface area contributed by atoms with Gasteiger partial charge >= 0.3 is 18.0 Å². The van der Waals surface area contributed by atoms with Gasteiger partial charge in [-0.2, -0.15) is 5.10 Å². The second-order valence-electron chi connectivity index (χ2n) is 12.7. The van der Waals surface area contributed by atoms with Crippen LogP contribution >= 0.6 is 0 Å². The lowest BCUT2D eigenvalue weighted by Crippen LogP contribution is -2.47. The quantitative estimate of drug-likeness (QED) is 0.225. The maximum atomic E-state index is 12.8. The van der Waals surface area contributed by atoms with Crippen molar-refractivity contribution in [3.05, 3.63) is 11.3 Å². The number of carbonyl (C=O) groups excluding carboxylic acids is 4. The minimum absolute atomic E-state index is 0.0423. The SMILES string of the molecule is CC(C)CC(=NNC(=O)NC(CCC(=O)OC(C)(C)C)C(=O)OC(C)(C)C)C1=C(O)CC(C)(C)CC1=O. The van der Waals surface area contributed by atoms with Crippen LogP contribution in [0.25, 0.3) is 0 Å². The summed E-state index contributed by atoms with van der Waals surface area (Å²) in [4.78, 5) is 50.4. The minimum Gasteiger partial charge on any atom is -0.511 e. The van der Waals surface area contributed by atoms with E-state index >= 15 is 0 Å². The van der Waals surface area contributed by atoms with Crippen LogP contribution in [0.2, 0.25) is 0 Å². The fourth-order valence-corrected chi connectivity index (χ4v) is 3.79. The van der Waals surface area contributed by atoms with E-state index in [4.69, 9.17) is 9.47 Å². The van der Waals surface area contributed by atoms with E-state index in [0.717, 1.165) is 0 Å². The van der Waals surface area contributed by atoms with Crippen LogP contribution in [0.15, 0.2) is 16.4 Å². The predicted octanol–water partition coefficient (Wildman–Crippen LogP) is 4.72. The number of nitrogens with zero attached hydrogens (tertiary/aromatic N) is 1. The number of rotatable bonds is 9. The normalized spacial score (nSPS) is 17.4. The molecule has 0 spiro atoms. The van der Waals surface area contributed by atoms with E-state index in [9.17, 15) is 24.3 Å². The molecule has 37 heavy (non-hydrogen) atoms. The average Bonchev–Trinajstić information content (AvgIpc) is 2.64. The molecule has 0 aromatic rings. The number of esters is 2. The molecule has 0 aliphatic heterocycles. The van der Waals surface area contributed by atoms with Gasteiger partial charge in [-0.3, -0.25) is 9.59 Å². The summed E-state index contributed by atoms with van der Waals surface area (Å²) in [5, 5.41) is 17.2. The summed E-state index contributed by atoms with van der Waals surface area (Å²) in [5.74, 6) is -1.41. The van der Waals surface area contributed by atoms with E-state index in [1.807, 2.05) is 27.7 Å². The van der Waals surface area contributed by atoms with Crippen molar-refractivity contribution in [1.29, 1.82) is 0 Å². The number of ether oxygens (including phenoxy) is 2. The van der Waals surface area contributed by atoms with Crippen LogP contribution in [0.3, 0.4) is 0 Å². The van der Waals surface area contributed by atoms with Gasteiger partial charge in [0.25, 0.3) is 0 Å². The predicted molar refractivity (Wildman–Crippen MR) is 141 cm³/mol. The molecular weight excluding hydrogens is 478 g/mol. The molecule has 0 saturated carbocycles. The number of aliphatic hydroxyl groups is 1. The van der Waals surface area contributed by atoms with Crippen molar-refractivity contribution < 1.29 is 33.8 Å². The molecule has 2 amide bonds. The smallest absolute Gasteiger partial charge is 0.335 e. The Morgan fingerprint density at radius 1 is 1.03 bits per heavy atom. The summed E-state index contributed by atoms with van der Waals surface area (Å²) in [7, 11) is 0. The Kier molecular flexibility index (Phi) is 10.9. The van der Waals surface area contributed by atoms with Crippen molar-refractivity contribution in [2.24, 2.45) is 16.4 Å². The standard InChI is InChI=1S/C27H45N3O7/c1-16(2)13-18(22-19(31)14-27(9,10)15-20(22)32)29-30-24(35)28-17(23(34)37-26(6,7)8)11-12-21(33)36-25(3,4)5/h16-17,31H,11-15H2,1-10H3,(H2,28,30,35). The highest BCUT2D eigenvalue weighted by molar-refractivity contribution is 6.23. The third kappa shape index (κ3) is 12.3. The van der Waals surface area contributed by atoms with E-state index < -0.39 is 35.2 Å². The van der Waals surface area contributed by atoms with Gasteiger partial charge in [-0.1, -0.05) is 27.7 Å². The summed E-state index contributed by atoms with van der Waals surface area (Å²) in [5.41, 5.74) is 0.878. The van der Waals surface area contributed by atoms with Crippen molar-refractivity contribution in [1.82, 2.24) is 10.7 Å². The number of nitrogens with one attached hydrogen (secondary N) is 2. The molecule has 0 aromatic carbocycles. The molecule has 10 heteroatoms. The molecule has 0 heterocycles. The van der Waals surface area contributed by atoms with Crippen LogP contribution in [0.1, 0.15) is 101 Å². The summed E-state index contributed by atoms with van der Waals surface area (Å²) in [6.45, 7) is 18.0. The first-order valence-corrected chi connectivity index (χ1v) is 12.7. The lowest BCUT2D eigenvalue weighted by molar-refractivity contribution is -0.158. The Labute approximate surface area is 220 Å². The Morgan fingerprint density at radius 3 is 2.08 bits per heavy atom. The summed E-state index contributed by atoms with van der Waals surface area (Å²) in [6, 6.07) is -1.95. The van der Waals surface area contributed by atoms with Gasteiger partial charge in [0.15, 0.2) is 5.78 Å². The molecule has 1 rings (SSSR count). The van der Waals surface area contributed by atoms with Crippen LogP contribution in [0.5, 0.6) is 0 Å². The largest absolute Gasteiger partial charge is 0.511 e. The molecule has 1 aliphatic rings. The molecule has 10 nitrogen and oxygen atoms in total.